The largest absolute Gasteiger partial charge is 0.573 e. The first-order chi connectivity index (χ1) is 55.4. The van der Waals surface area contributed by atoms with Crippen LogP contribution in [0.15, 0.2) is 91.6 Å². The number of anilines is 3. The lowest BCUT2D eigenvalue weighted by atomic mass is 9.80. The van der Waals surface area contributed by atoms with Gasteiger partial charge in [0.25, 0.3) is 0 Å². The third-order valence-corrected chi connectivity index (χ3v) is 29.0. The minimum atomic E-state index is -4.81. The molecule has 2 spiro atoms. The van der Waals surface area contributed by atoms with E-state index >= 15 is 0 Å². The first-order valence-electron chi connectivity index (χ1n) is 40.9. The second-order valence-corrected chi connectivity index (χ2v) is 38.7. The number of piperidine rings is 5. The number of nitrogens with zero attached hydrogens (tertiary/aromatic N) is 11. The van der Waals surface area contributed by atoms with Gasteiger partial charge in [0.2, 0.25) is 37.8 Å². The molecule has 5 aromatic heterocycles. The van der Waals surface area contributed by atoms with Gasteiger partial charge in [-0.1, -0.05) is 61.0 Å². The van der Waals surface area contributed by atoms with Crippen molar-refractivity contribution in [1.82, 2.24) is 75.1 Å². The number of amides is 3. The maximum atomic E-state index is 12.6. The van der Waals surface area contributed by atoms with Gasteiger partial charge in [-0.3, -0.25) is 39.9 Å². The van der Waals surface area contributed by atoms with E-state index in [1.54, 1.807) is 25.1 Å². The first-order valence-corrected chi connectivity index (χ1v) is 45.3. The van der Waals surface area contributed by atoms with Gasteiger partial charge in [-0.2, -0.15) is 29.8 Å². The number of rotatable bonds is 10. The van der Waals surface area contributed by atoms with Crippen LogP contribution < -0.4 is 30.1 Å². The van der Waals surface area contributed by atoms with Crippen molar-refractivity contribution >= 4 is 133 Å². The molecular weight excluding hydrogens is 1570 g/mol. The molecule has 12 heterocycles. The van der Waals surface area contributed by atoms with Crippen LogP contribution in [0.5, 0.6) is 5.75 Å². The number of aromatic nitrogens is 10. The van der Waals surface area contributed by atoms with Crippen molar-refractivity contribution < 1.29 is 49.1 Å². The van der Waals surface area contributed by atoms with Gasteiger partial charge in [0.1, 0.15) is 5.75 Å². The van der Waals surface area contributed by atoms with E-state index < -0.39 is 31.9 Å². The molecule has 0 radical (unpaired) electrons. The summed E-state index contributed by atoms with van der Waals surface area (Å²) in [5.74, 6) is 2.62. The molecule has 19 rings (SSSR count). The predicted molar refractivity (Wildman–Crippen MR) is 448 cm³/mol. The van der Waals surface area contributed by atoms with E-state index in [4.69, 9.17) is 23.2 Å². The van der Waals surface area contributed by atoms with Crippen LogP contribution in [0.4, 0.5) is 30.2 Å². The molecule has 7 N–H and O–H groups in total. The maximum absolute atomic E-state index is 12.6. The molecule has 7 saturated heterocycles. The number of nitrogens with one attached hydrogen (secondary N) is 7. The minimum Gasteiger partial charge on any atom is -0.406 e. The predicted octanol–water partition coefficient (Wildman–Crippen LogP) is 14.9. The first kappa shape index (κ1) is 82.4. The van der Waals surface area contributed by atoms with Crippen molar-refractivity contribution in [3.05, 3.63) is 124 Å². The van der Waals surface area contributed by atoms with Gasteiger partial charge >= 0.3 is 6.36 Å². The average molecular weight is 1670 g/mol. The number of H-pyrrole nitrogens is 5. The molecule has 33 heteroatoms. The number of hydrogen-bond acceptors (Lipinski definition) is 16. The molecular formula is C83H105Cl2F3N18O8S2. The molecule has 0 unspecified atom stereocenters. The van der Waals surface area contributed by atoms with Crippen molar-refractivity contribution in [3.8, 4) is 5.75 Å². The SMILES string of the molecule is CC(=O)N1CCC(c2cc(C3CCCC3)cc3[nH]ncc23)CC1.CC1(C)CN(c2cc(OC(F)(F)F)cc3[nH]ncc23)CCN1S(C)(=O)=O.CS(=O)(=O)N1CCC(c2cc(C3CCCC3)cc3[nH]ncc23)CC1.O=C1CCC2(CCN(c3cc(Cl)cc4[nH]ncc34)CC2)N1.O=C1CCCC2(CCN(c3cc(Cl)cc4[nH]ncc34)CC2)N1. The molecule has 2 aliphatic carbocycles. The lowest BCUT2D eigenvalue weighted by Crippen LogP contribution is -2.60. The summed E-state index contributed by atoms with van der Waals surface area (Å²) in [7, 11) is -6.46. The number of hydrogen-bond donors (Lipinski definition) is 7. The topological polar surface area (TPSA) is 316 Å². The number of piperazine rings is 1. The number of carbonyl (C=O) groups is 3. The Balaban J connectivity index is 0.000000114. The van der Waals surface area contributed by atoms with Crippen LogP contribution in [0.3, 0.4) is 0 Å². The molecule has 9 fully saturated rings. The average Bonchev–Trinajstić information content (AvgIpc) is 0.970. The third kappa shape index (κ3) is 18.7. The van der Waals surface area contributed by atoms with Gasteiger partial charge in [0.15, 0.2) is 0 Å². The number of fused-ring (bicyclic) bond motifs is 5. The zero-order valence-electron chi connectivity index (χ0n) is 66.5. The molecule has 5 aromatic carbocycles. The van der Waals surface area contributed by atoms with Crippen LogP contribution in [-0.4, -0.2) is 207 Å². The lowest BCUT2D eigenvalue weighted by Gasteiger charge is -2.46. The smallest absolute Gasteiger partial charge is 0.406 e. The summed E-state index contributed by atoms with van der Waals surface area (Å²) in [6.07, 6.45) is 29.7. The zero-order valence-corrected chi connectivity index (χ0v) is 69.6. The van der Waals surface area contributed by atoms with Gasteiger partial charge in [-0.25, -0.2) is 21.1 Å². The van der Waals surface area contributed by atoms with Crippen LogP contribution >= 0.6 is 23.2 Å². The standard InChI is InChI=1S/C19H25N3O.C18H25N3O2S.C16H19ClN4O.C15H17ClN4O.C15H19F3N4O3S/c1-13(23)22-8-6-15(7-9-22)17-10-16(14-4-2-3-5-14)11-19-18(17)12-20-21-19;1-24(22,23)21-8-6-14(7-9-21)16-10-15(13-4-2-3-5-13)11-18-17(16)12-19-20-18;17-11-8-13-12(10-18-20-13)14(9-11)21-6-4-16(5-7-21)3-1-2-15(22)19-16;16-10-7-12-11(9-17-19-12)13(8-10)20-5-3-15(4-6-20)2-1-14(21)18-15;1-14(2)9-21(4-5-22(14)26(3,23)24)13-7-10(25-15(16,17)18)6-12-11(13)8-19-20-12/h10-12,14-15H,2-9H2,1H3,(H,20,21);10-14H,2-9H2,1H3,(H,19,20);8-10H,1-7H2,(H,18,20)(H,19,22);7-9H,1-6H2,(H,17,19)(H,18,21);6-8H,4-5,9H2,1-3H3,(H,19,20). The molecule has 10 aromatic rings. The number of ether oxygens (including phenoxy) is 1. The Labute approximate surface area is 683 Å². The van der Waals surface area contributed by atoms with Crippen LogP contribution in [0.2, 0.25) is 10.0 Å². The molecule has 0 atom stereocenters. The second kappa shape index (κ2) is 33.9. The molecule has 9 aliphatic rings. The zero-order chi connectivity index (χ0) is 81.5. The Morgan fingerprint density at radius 1 is 0.466 bits per heavy atom. The van der Waals surface area contributed by atoms with Crippen molar-refractivity contribution in [2.24, 2.45) is 0 Å². The van der Waals surface area contributed by atoms with E-state index in [9.17, 15) is 44.4 Å². The fourth-order valence-corrected chi connectivity index (χ4v) is 22.4. The van der Waals surface area contributed by atoms with Crippen LogP contribution in [0.25, 0.3) is 54.5 Å². The second-order valence-electron chi connectivity index (χ2n) is 33.9. The van der Waals surface area contributed by atoms with Gasteiger partial charge < -0.3 is 35.0 Å². The molecule has 26 nitrogen and oxygen atoms in total. The summed E-state index contributed by atoms with van der Waals surface area (Å²) in [6.45, 7) is 12.9. The van der Waals surface area contributed by atoms with E-state index in [1.165, 1.54) is 119 Å². The molecule has 2 saturated carbocycles. The Bertz CT molecular complexity index is 5430. The highest BCUT2D eigenvalue weighted by molar-refractivity contribution is 7.88. The fraction of sp³-hybridized carbons (Fsp3) is 0.542. The number of benzene rings is 5. The lowest BCUT2D eigenvalue weighted by molar-refractivity contribution is -0.274. The number of halogens is 5. The Hall–Kier alpha value is -8.75. The highest BCUT2D eigenvalue weighted by atomic mass is 35.5. The van der Waals surface area contributed by atoms with Crippen LogP contribution in [-0.2, 0) is 34.4 Å². The number of sulfonamides is 2. The number of carbonyl (C=O) groups excluding carboxylic acids is 3. The van der Waals surface area contributed by atoms with Crippen molar-refractivity contribution in [2.75, 3.05) is 99.2 Å². The third-order valence-electron chi connectivity index (χ3n) is 25.8. The van der Waals surface area contributed by atoms with E-state index in [0.29, 0.717) is 73.4 Å². The van der Waals surface area contributed by atoms with Gasteiger partial charge in [0.05, 0.1) is 76.8 Å². The van der Waals surface area contributed by atoms with Crippen molar-refractivity contribution in [3.63, 3.8) is 0 Å². The number of aromatic amines is 5. The summed E-state index contributed by atoms with van der Waals surface area (Å²) < 4.78 is 92.3. The fourth-order valence-electron chi connectivity index (χ4n) is 19.7. The van der Waals surface area contributed by atoms with Gasteiger partial charge in [0, 0.05) is 169 Å². The van der Waals surface area contributed by atoms with Crippen molar-refractivity contribution in [1.29, 1.82) is 0 Å². The summed E-state index contributed by atoms with van der Waals surface area (Å²) in [4.78, 5) is 43.3. The highest BCUT2D eigenvalue weighted by Gasteiger charge is 2.43. The Morgan fingerprint density at radius 2 is 0.879 bits per heavy atom. The molecule has 116 heavy (non-hydrogen) atoms. The van der Waals surface area contributed by atoms with Crippen LogP contribution in [0.1, 0.15) is 202 Å². The number of likely N-dealkylation sites (tertiary alicyclic amines) is 1. The molecule has 622 valence electrons. The molecule has 7 aliphatic heterocycles. The van der Waals surface area contributed by atoms with Crippen molar-refractivity contribution in [2.45, 2.75) is 202 Å². The molecule has 3 amide bonds. The number of alkyl halides is 3. The summed E-state index contributed by atoms with van der Waals surface area (Å²) in [5, 5.41) is 48.7. The van der Waals surface area contributed by atoms with Crippen LogP contribution in [0, 0.1) is 0 Å². The van der Waals surface area contributed by atoms with E-state index in [-0.39, 0.29) is 41.1 Å². The van der Waals surface area contributed by atoms with Gasteiger partial charge in [-0.05, 0) is 192 Å². The van der Waals surface area contributed by atoms with E-state index in [2.05, 4.69) is 100 Å². The Morgan fingerprint density at radius 3 is 1.28 bits per heavy atom. The van der Waals surface area contributed by atoms with Gasteiger partial charge in [-0.15, -0.1) is 13.2 Å². The monoisotopic (exact) mass is 1670 g/mol. The maximum Gasteiger partial charge on any atom is 0.573 e. The summed E-state index contributed by atoms with van der Waals surface area (Å²) in [5.41, 5.74) is 12.5. The Kier molecular flexibility index (Phi) is 24.1. The minimum absolute atomic E-state index is 0.0138. The van der Waals surface area contributed by atoms with E-state index in [0.717, 1.165) is 171 Å². The summed E-state index contributed by atoms with van der Waals surface area (Å²) >= 11 is 12.4. The molecule has 0 bridgehead atoms. The summed E-state index contributed by atoms with van der Waals surface area (Å²) in [6, 6.07) is 19.8. The normalized spacial score (nSPS) is 20.7. The quantitative estimate of drug-likeness (QED) is 0.0669. The van der Waals surface area contributed by atoms with E-state index in [1.807, 2.05) is 58.9 Å². The highest BCUT2D eigenvalue weighted by Crippen LogP contribution is 2.45.